The summed E-state index contributed by atoms with van der Waals surface area (Å²) in [7, 11) is 0. The molecule has 0 radical (unpaired) electrons. The van der Waals surface area contributed by atoms with Gasteiger partial charge in [-0.2, -0.15) is 0 Å². The van der Waals surface area contributed by atoms with Crippen LogP contribution in [-0.2, 0) is 0 Å². The number of hydrazine groups is 1. The zero-order valence-electron chi connectivity index (χ0n) is 11.4. The van der Waals surface area contributed by atoms with Gasteiger partial charge in [-0.3, -0.25) is 0 Å². The number of nitrogen functional groups attached to an aromatic ring is 1. The Labute approximate surface area is 135 Å². The third-order valence-electron chi connectivity index (χ3n) is 2.85. The zero-order chi connectivity index (χ0) is 15.6. The lowest BCUT2D eigenvalue weighted by molar-refractivity contribution is 0.627. The Morgan fingerprint density at radius 2 is 1.95 bits per heavy atom. The van der Waals surface area contributed by atoms with Crippen molar-refractivity contribution in [2.45, 2.75) is 19.8 Å². The molecule has 0 spiro atoms. The van der Waals surface area contributed by atoms with Crippen LogP contribution in [0.1, 0.15) is 25.3 Å². The van der Waals surface area contributed by atoms with Gasteiger partial charge in [-0.25, -0.2) is 20.2 Å². The molecular formula is C13H14BrClFN5. The van der Waals surface area contributed by atoms with Crippen molar-refractivity contribution in [3.8, 4) is 0 Å². The Kier molecular flexibility index (Phi) is 4.97. The van der Waals surface area contributed by atoms with E-state index in [1.54, 1.807) is 0 Å². The van der Waals surface area contributed by atoms with E-state index in [0.29, 0.717) is 21.8 Å². The van der Waals surface area contributed by atoms with Gasteiger partial charge < -0.3 is 10.7 Å². The van der Waals surface area contributed by atoms with E-state index in [4.69, 9.17) is 17.4 Å². The highest BCUT2D eigenvalue weighted by molar-refractivity contribution is 9.10. The minimum atomic E-state index is -0.423. The average Bonchev–Trinajstić information content (AvgIpc) is 2.42. The van der Waals surface area contributed by atoms with E-state index in [1.807, 2.05) is 13.8 Å². The van der Waals surface area contributed by atoms with Crippen molar-refractivity contribution in [1.82, 2.24) is 9.97 Å². The number of anilines is 3. The number of hydrogen-bond acceptors (Lipinski definition) is 5. The number of aromatic nitrogens is 2. The van der Waals surface area contributed by atoms with Crippen LogP contribution in [-0.4, -0.2) is 9.97 Å². The molecule has 1 aromatic carbocycles. The molecule has 0 saturated heterocycles. The van der Waals surface area contributed by atoms with Crippen molar-refractivity contribution in [3.63, 3.8) is 0 Å². The molecule has 21 heavy (non-hydrogen) atoms. The fourth-order valence-corrected chi connectivity index (χ4v) is 2.84. The van der Waals surface area contributed by atoms with Crippen molar-refractivity contribution < 1.29 is 4.39 Å². The molecule has 0 bridgehead atoms. The number of benzene rings is 1. The molecule has 0 aliphatic carbocycles. The maximum absolute atomic E-state index is 13.3. The summed E-state index contributed by atoms with van der Waals surface area (Å²) >= 11 is 9.36. The van der Waals surface area contributed by atoms with E-state index in [9.17, 15) is 4.39 Å². The molecular weight excluding hydrogens is 361 g/mol. The smallest absolute Gasteiger partial charge is 0.148 e. The monoisotopic (exact) mass is 373 g/mol. The number of nitrogens with zero attached hydrogens (tertiary/aromatic N) is 2. The highest BCUT2D eigenvalue weighted by Gasteiger charge is 2.17. The molecule has 0 fully saturated rings. The van der Waals surface area contributed by atoms with Gasteiger partial charge in [0.25, 0.3) is 0 Å². The molecule has 0 unspecified atom stereocenters. The Balaban J connectivity index is 2.50. The summed E-state index contributed by atoms with van der Waals surface area (Å²) in [4.78, 5) is 8.31. The molecule has 5 nitrogen and oxygen atoms in total. The minimum Gasteiger partial charge on any atom is -0.338 e. The summed E-state index contributed by atoms with van der Waals surface area (Å²) in [5.41, 5.74) is 3.89. The second kappa shape index (κ2) is 6.55. The molecule has 0 aliphatic heterocycles. The largest absolute Gasteiger partial charge is 0.338 e. The summed E-state index contributed by atoms with van der Waals surface area (Å²) in [6.45, 7) is 3.98. The van der Waals surface area contributed by atoms with Crippen LogP contribution in [0.2, 0.25) is 5.02 Å². The van der Waals surface area contributed by atoms with Gasteiger partial charge in [0, 0.05) is 10.0 Å². The fourth-order valence-electron chi connectivity index (χ4n) is 1.94. The number of nitrogens with two attached hydrogens (primary N) is 1. The summed E-state index contributed by atoms with van der Waals surface area (Å²) in [6, 6.07) is 2.56. The van der Waals surface area contributed by atoms with E-state index in [0.717, 1.165) is 5.56 Å². The van der Waals surface area contributed by atoms with Crippen molar-refractivity contribution in [3.05, 3.63) is 39.3 Å². The summed E-state index contributed by atoms with van der Waals surface area (Å²) in [5, 5.41) is 3.35. The minimum absolute atomic E-state index is 0.123. The van der Waals surface area contributed by atoms with Crippen LogP contribution in [0.3, 0.4) is 0 Å². The molecule has 4 N–H and O–H groups in total. The first-order valence-corrected chi connectivity index (χ1v) is 7.34. The van der Waals surface area contributed by atoms with Crippen LogP contribution < -0.4 is 16.6 Å². The highest BCUT2D eigenvalue weighted by Crippen LogP contribution is 2.36. The predicted octanol–water partition coefficient (Wildman–Crippen LogP) is 4.18. The molecule has 112 valence electrons. The Bertz CT molecular complexity index is 642. The lowest BCUT2D eigenvalue weighted by atomic mass is 10.0. The van der Waals surface area contributed by atoms with Crippen LogP contribution in [0, 0.1) is 5.82 Å². The molecule has 8 heteroatoms. The van der Waals surface area contributed by atoms with E-state index in [2.05, 4.69) is 36.6 Å². The first-order chi connectivity index (χ1) is 9.93. The standard InChI is InChI=1S/C13H14BrClFN5/c1-6(2)10-12(18-5-19-13(10)21-17)20-11-8(14)3-7(16)4-9(11)15/h3-6H,17H2,1-2H3,(H2,18,19,20,21). The van der Waals surface area contributed by atoms with E-state index < -0.39 is 5.82 Å². The lowest BCUT2D eigenvalue weighted by Gasteiger charge is -2.17. The number of nitrogens with one attached hydrogen (secondary N) is 2. The number of hydrogen-bond donors (Lipinski definition) is 3. The SMILES string of the molecule is CC(C)c1c(NN)ncnc1Nc1c(Cl)cc(F)cc1Br. The van der Waals surface area contributed by atoms with Crippen molar-refractivity contribution in [1.29, 1.82) is 0 Å². The van der Waals surface area contributed by atoms with Gasteiger partial charge in [0.15, 0.2) is 0 Å². The summed E-state index contributed by atoms with van der Waals surface area (Å²) < 4.78 is 13.8. The summed E-state index contributed by atoms with van der Waals surface area (Å²) in [6.07, 6.45) is 1.38. The second-order valence-electron chi connectivity index (χ2n) is 4.65. The third kappa shape index (κ3) is 3.42. The molecule has 2 rings (SSSR count). The van der Waals surface area contributed by atoms with Gasteiger partial charge >= 0.3 is 0 Å². The number of rotatable bonds is 4. The first kappa shape index (κ1) is 15.9. The highest BCUT2D eigenvalue weighted by atomic mass is 79.9. The molecule has 1 heterocycles. The van der Waals surface area contributed by atoms with Gasteiger partial charge in [-0.1, -0.05) is 25.4 Å². The Morgan fingerprint density at radius 3 is 2.52 bits per heavy atom. The Morgan fingerprint density at radius 1 is 1.29 bits per heavy atom. The second-order valence-corrected chi connectivity index (χ2v) is 5.91. The van der Waals surface area contributed by atoms with Gasteiger partial charge in [-0.15, -0.1) is 0 Å². The topological polar surface area (TPSA) is 75.9 Å². The van der Waals surface area contributed by atoms with Gasteiger partial charge in [0.2, 0.25) is 0 Å². The lowest BCUT2D eigenvalue weighted by Crippen LogP contribution is -2.14. The van der Waals surface area contributed by atoms with Gasteiger partial charge in [0.05, 0.1) is 10.7 Å². The molecule has 0 aliphatic rings. The third-order valence-corrected chi connectivity index (χ3v) is 3.77. The van der Waals surface area contributed by atoms with Crippen molar-refractivity contribution in [2.24, 2.45) is 5.84 Å². The predicted molar refractivity (Wildman–Crippen MR) is 86.3 cm³/mol. The maximum Gasteiger partial charge on any atom is 0.148 e. The average molecular weight is 375 g/mol. The van der Waals surface area contributed by atoms with Crippen molar-refractivity contribution in [2.75, 3.05) is 10.7 Å². The normalized spacial score (nSPS) is 10.8. The van der Waals surface area contributed by atoms with Crippen LogP contribution in [0.4, 0.5) is 21.7 Å². The van der Waals surface area contributed by atoms with Gasteiger partial charge in [-0.05, 0) is 34.0 Å². The quantitative estimate of drug-likeness (QED) is 0.553. The molecule has 2 aromatic rings. The zero-order valence-corrected chi connectivity index (χ0v) is 13.8. The molecule has 0 atom stereocenters. The van der Waals surface area contributed by atoms with Crippen LogP contribution >= 0.6 is 27.5 Å². The molecule has 0 amide bonds. The maximum atomic E-state index is 13.3. The van der Waals surface area contributed by atoms with E-state index in [1.165, 1.54) is 18.5 Å². The molecule has 1 aromatic heterocycles. The summed E-state index contributed by atoms with van der Waals surface area (Å²) in [5.74, 6) is 6.26. The fraction of sp³-hybridized carbons (Fsp3) is 0.231. The van der Waals surface area contributed by atoms with Crippen molar-refractivity contribution >= 4 is 44.9 Å². The van der Waals surface area contributed by atoms with Crippen LogP contribution in [0.15, 0.2) is 22.9 Å². The van der Waals surface area contributed by atoms with E-state index in [-0.39, 0.29) is 10.9 Å². The van der Waals surface area contributed by atoms with E-state index >= 15 is 0 Å². The van der Waals surface area contributed by atoms with Crippen LogP contribution in [0.5, 0.6) is 0 Å². The first-order valence-electron chi connectivity index (χ1n) is 6.17. The Hall–Kier alpha value is -1.44. The van der Waals surface area contributed by atoms with Crippen LogP contribution in [0.25, 0.3) is 0 Å². The van der Waals surface area contributed by atoms with Gasteiger partial charge in [0.1, 0.15) is 23.8 Å². The molecule has 0 saturated carbocycles. The number of halogens is 3.